The highest BCUT2D eigenvalue weighted by atomic mass is 16.2. The van der Waals surface area contributed by atoms with E-state index in [0.29, 0.717) is 17.7 Å². The molecule has 1 fully saturated rings. The van der Waals surface area contributed by atoms with Gasteiger partial charge >= 0.3 is 0 Å². The van der Waals surface area contributed by atoms with E-state index in [-0.39, 0.29) is 24.0 Å². The van der Waals surface area contributed by atoms with Crippen LogP contribution in [0.2, 0.25) is 0 Å². The molecule has 1 aliphatic rings. The zero-order valence-corrected chi connectivity index (χ0v) is 16.7. The van der Waals surface area contributed by atoms with Gasteiger partial charge in [-0.1, -0.05) is 12.1 Å². The minimum Gasteiger partial charge on any atom is -0.372 e. The van der Waals surface area contributed by atoms with Crippen LogP contribution < -0.4 is 20.9 Å². The van der Waals surface area contributed by atoms with Crippen molar-refractivity contribution in [2.75, 3.05) is 23.3 Å². The first-order valence-corrected chi connectivity index (χ1v) is 9.82. The molecule has 0 bridgehead atoms. The number of amides is 2. The Morgan fingerprint density at radius 1 is 1.14 bits per heavy atom. The van der Waals surface area contributed by atoms with Gasteiger partial charge in [0.15, 0.2) is 0 Å². The van der Waals surface area contributed by atoms with Crippen LogP contribution in [0.5, 0.6) is 0 Å². The third-order valence-electron chi connectivity index (χ3n) is 4.98. The van der Waals surface area contributed by atoms with Crippen LogP contribution in [0.3, 0.4) is 0 Å². The van der Waals surface area contributed by atoms with Gasteiger partial charge in [-0.05, 0) is 62.7 Å². The minimum atomic E-state index is -0.249. The van der Waals surface area contributed by atoms with Gasteiger partial charge in [-0.3, -0.25) is 14.9 Å². The van der Waals surface area contributed by atoms with E-state index in [1.807, 2.05) is 55.5 Å². The van der Waals surface area contributed by atoms with Crippen LogP contribution in [0, 0.1) is 0 Å². The van der Waals surface area contributed by atoms with E-state index < -0.39 is 0 Å². The summed E-state index contributed by atoms with van der Waals surface area (Å²) >= 11 is 0. The van der Waals surface area contributed by atoms with Gasteiger partial charge in [0.25, 0.3) is 5.91 Å². The van der Waals surface area contributed by atoms with Crippen molar-refractivity contribution in [2.24, 2.45) is 0 Å². The van der Waals surface area contributed by atoms with Crippen LogP contribution in [0.25, 0.3) is 0 Å². The van der Waals surface area contributed by atoms with Crippen LogP contribution in [0.4, 0.5) is 11.4 Å². The molecule has 2 aromatic rings. The lowest BCUT2D eigenvalue weighted by molar-refractivity contribution is -0.124. The third kappa shape index (κ3) is 4.70. The molecule has 2 atom stereocenters. The van der Waals surface area contributed by atoms with Crippen molar-refractivity contribution in [1.82, 2.24) is 10.6 Å². The summed E-state index contributed by atoms with van der Waals surface area (Å²) in [5.41, 5.74) is 3.33. The summed E-state index contributed by atoms with van der Waals surface area (Å²) in [5.74, 6) is -0.128. The molecule has 0 aromatic heterocycles. The van der Waals surface area contributed by atoms with Crippen LogP contribution in [0.15, 0.2) is 48.5 Å². The predicted octanol–water partition coefficient (Wildman–Crippen LogP) is 3.28. The first-order chi connectivity index (χ1) is 13.5. The SMILES string of the molecule is CCN(CC)c1ccc(C(=O)Nc2cccc(C3NC(=O)CC(C)N3)c2)cc1. The van der Waals surface area contributed by atoms with Gasteiger partial charge in [0, 0.05) is 42.5 Å². The normalized spacial score (nSPS) is 19.0. The molecular weight excluding hydrogens is 352 g/mol. The lowest BCUT2D eigenvalue weighted by Crippen LogP contribution is -2.49. The van der Waals surface area contributed by atoms with Crippen LogP contribution in [0.1, 0.15) is 49.3 Å². The molecule has 28 heavy (non-hydrogen) atoms. The molecule has 3 N–H and O–H groups in total. The Kier molecular flexibility index (Phi) is 6.31. The summed E-state index contributed by atoms with van der Waals surface area (Å²) in [4.78, 5) is 26.6. The highest BCUT2D eigenvalue weighted by Gasteiger charge is 2.24. The Balaban J connectivity index is 1.70. The number of hydrogen-bond acceptors (Lipinski definition) is 4. The van der Waals surface area contributed by atoms with E-state index in [2.05, 4.69) is 34.7 Å². The largest absolute Gasteiger partial charge is 0.372 e. The number of nitrogens with one attached hydrogen (secondary N) is 3. The molecule has 2 aromatic carbocycles. The summed E-state index contributed by atoms with van der Waals surface area (Å²) < 4.78 is 0. The molecule has 1 aliphatic heterocycles. The molecule has 6 heteroatoms. The average molecular weight is 380 g/mol. The van der Waals surface area contributed by atoms with E-state index >= 15 is 0 Å². The summed E-state index contributed by atoms with van der Waals surface area (Å²) in [6, 6.07) is 15.3. The van der Waals surface area contributed by atoms with Crippen LogP contribution in [-0.2, 0) is 4.79 Å². The molecule has 0 spiro atoms. The standard InChI is InChI=1S/C22H28N4O2/c1-4-26(5-2)19-11-9-16(10-12-19)22(28)24-18-8-6-7-17(14-18)21-23-15(3)13-20(27)25-21/h6-12,14-15,21,23H,4-5,13H2,1-3H3,(H,24,28)(H,25,27). The first kappa shape index (κ1) is 19.9. The van der Waals surface area contributed by atoms with Gasteiger partial charge in [0.2, 0.25) is 5.91 Å². The molecule has 3 rings (SSSR count). The number of benzene rings is 2. The van der Waals surface area contributed by atoms with Crippen molar-refractivity contribution in [1.29, 1.82) is 0 Å². The molecule has 0 saturated carbocycles. The molecule has 2 unspecified atom stereocenters. The molecule has 2 amide bonds. The Morgan fingerprint density at radius 2 is 1.86 bits per heavy atom. The molecule has 148 valence electrons. The maximum atomic E-state index is 12.6. The van der Waals surface area contributed by atoms with E-state index in [9.17, 15) is 9.59 Å². The Labute approximate surface area is 166 Å². The monoisotopic (exact) mass is 380 g/mol. The van der Waals surface area contributed by atoms with Crippen molar-refractivity contribution in [3.63, 3.8) is 0 Å². The Hall–Kier alpha value is -2.86. The highest BCUT2D eigenvalue weighted by Crippen LogP contribution is 2.21. The first-order valence-electron chi connectivity index (χ1n) is 9.82. The second-order valence-corrected chi connectivity index (χ2v) is 7.07. The van der Waals surface area contributed by atoms with E-state index in [0.717, 1.165) is 24.3 Å². The lowest BCUT2D eigenvalue weighted by atomic mass is 10.1. The summed E-state index contributed by atoms with van der Waals surface area (Å²) in [5, 5.41) is 9.23. The maximum absolute atomic E-state index is 12.6. The van der Waals surface area contributed by atoms with Crippen molar-refractivity contribution in [2.45, 2.75) is 39.4 Å². The number of rotatable bonds is 6. The Morgan fingerprint density at radius 3 is 2.50 bits per heavy atom. The maximum Gasteiger partial charge on any atom is 0.255 e. The molecular formula is C22H28N4O2. The predicted molar refractivity (Wildman–Crippen MR) is 112 cm³/mol. The zero-order chi connectivity index (χ0) is 20.1. The van der Waals surface area contributed by atoms with E-state index in [1.165, 1.54) is 0 Å². The fourth-order valence-electron chi connectivity index (χ4n) is 3.47. The number of anilines is 2. The fraction of sp³-hybridized carbons (Fsp3) is 0.364. The molecule has 0 radical (unpaired) electrons. The number of hydrogen-bond donors (Lipinski definition) is 3. The van der Waals surface area contributed by atoms with Gasteiger partial charge in [-0.25, -0.2) is 0 Å². The van der Waals surface area contributed by atoms with Crippen LogP contribution >= 0.6 is 0 Å². The molecule has 6 nitrogen and oxygen atoms in total. The summed E-state index contributed by atoms with van der Waals surface area (Å²) in [6.07, 6.45) is 0.220. The molecule has 1 heterocycles. The number of carbonyl (C=O) groups excluding carboxylic acids is 2. The highest BCUT2D eigenvalue weighted by molar-refractivity contribution is 6.04. The van der Waals surface area contributed by atoms with Gasteiger partial charge < -0.3 is 15.5 Å². The van der Waals surface area contributed by atoms with Gasteiger partial charge in [0.05, 0.1) is 0 Å². The van der Waals surface area contributed by atoms with Crippen molar-refractivity contribution < 1.29 is 9.59 Å². The second kappa shape index (κ2) is 8.89. The van der Waals surface area contributed by atoms with E-state index in [1.54, 1.807) is 0 Å². The Bertz CT molecular complexity index is 831. The molecule has 1 saturated heterocycles. The van der Waals surface area contributed by atoms with Gasteiger partial charge in [-0.2, -0.15) is 0 Å². The quantitative estimate of drug-likeness (QED) is 0.719. The second-order valence-electron chi connectivity index (χ2n) is 7.07. The van der Waals surface area contributed by atoms with Gasteiger partial charge in [0.1, 0.15) is 6.17 Å². The van der Waals surface area contributed by atoms with Gasteiger partial charge in [-0.15, -0.1) is 0 Å². The van der Waals surface area contributed by atoms with E-state index in [4.69, 9.17) is 0 Å². The van der Waals surface area contributed by atoms with Crippen LogP contribution in [-0.4, -0.2) is 30.9 Å². The third-order valence-corrected chi connectivity index (χ3v) is 4.98. The number of carbonyl (C=O) groups is 2. The van der Waals surface area contributed by atoms with Crippen molar-refractivity contribution >= 4 is 23.2 Å². The smallest absolute Gasteiger partial charge is 0.255 e. The fourth-order valence-corrected chi connectivity index (χ4v) is 3.47. The van der Waals surface area contributed by atoms with Crippen molar-refractivity contribution in [3.05, 3.63) is 59.7 Å². The zero-order valence-electron chi connectivity index (χ0n) is 16.7. The topological polar surface area (TPSA) is 73.5 Å². The van der Waals surface area contributed by atoms with Crippen molar-refractivity contribution in [3.8, 4) is 0 Å². The minimum absolute atomic E-state index is 0.0268. The number of nitrogens with zero attached hydrogens (tertiary/aromatic N) is 1. The lowest BCUT2D eigenvalue weighted by Gasteiger charge is -2.30. The summed E-state index contributed by atoms with van der Waals surface area (Å²) in [6.45, 7) is 8.07. The molecule has 0 aliphatic carbocycles. The summed E-state index contributed by atoms with van der Waals surface area (Å²) in [7, 11) is 0. The average Bonchev–Trinajstić information content (AvgIpc) is 2.69.